The minimum atomic E-state index is -0.399. The molecular formula is C15H11NO3S2. The van der Waals surface area contributed by atoms with Gasteiger partial charge in [-0.25, -0.2) is 9.78 Å². The minimum absolute atomic E-state index is 0.0997. The average molecular weight is 317 g/mol. The summed E-state index contributed by atoms with van der Waals surface area (Å²) in [5.74, 6) is 0.147. The Bertz CT molecular complexity index is 727. The van der Waals surface area contributed by atoms with Crippen LogP contribution in [0.4, 0.5) is 0 Å². The number of esters is 1. The highest BCUT2D eigenvalue weighted by molar-refractivity contribution is 7.13. The summed E-state index contributed by atoms with van der Waals surface area (Å²) in [5, 5.41) is 3.90. The number of aromatic nitrogens is 1. The fraction of sp³-hybridized carbons (Fsp3) is 0.0667. The van der Waals surface area contributed by atoms with E-state index in [-0.39, 0.29) is 6.61 Å². The molecule has 106 valence electrons. The van der Waals surface area contributed by atoms with Crippen molar-refractivity contribution in [2.45, 2.75) is 6.61 Å². The molecule has 0 saturated carbocycles. The van der Waals surface area contributed by atoms with E-state index in [0.29, 0.717) is 11.6 Å². The van der Waals surface area contributed by atoms with Gasteiger partial charge >= 0.3 is 5.97 Å². The van der Waals surface area contributed by atoms with E-state index in [1.807, 2.05) is 35.0 Å². The van der Waals surface area contributed by atoms with Gasteiger partial charge in [0.2, 0.25) is 5.89 Å². The largest absolute Gasteiger partial charge is 0.456 e. The molecule has 0 amide bonds. The molecule has 0 aromatic carbocycles. The maximum Gasteiger partial charge on any atom is 0.331 e. The Labute approximate surface area is 129 Å². The molecule has 3 heterocycles. The molecule has 3 rings (SSSR count). The van der Waals surface area contributed by atoms with E-state index in [0.717, 1.165) is 9.75 Å². The maximum atomic E-state index is 11.6. The lowest BCUT2D eigenvalue weighted by Gasteiger charge is -1.97. The monoisotopic (exact) mass is 317 g/mol. The highest BCUT2D eigenvalue weighted by Crippen LogP contribution is 2.23. The van der Waals surface area contributed by atoms with Gasteiger partial charge in [-0.15, -0.1) is 22.7 Å². The van der Waals surface area contributed by atoms with Crippen molar-refractivity contribution in [2.75, 3.05) is 0 Å². The summed E-state index contributed by atoms with van der Waals surface area (Å²) in [4.78, 5) is 17.8. The van der Waals surface area contributed by atoms with Gasteiger partial charge in [0.05, 0.1) is 4.88 Å². The summed E-state index contributed by atoms with van der Waals surface area (Å²) in [6, 6.07) is 7.71. The SMILES string of the molecule is O=C(/C=C/c1cccs1)OCc1coc(-c2cccs2)n1. The fourth-order valence-electron chi connectivity index (χ4n) is 1.62. The third-order valence-electron chi connectivity index (χ3n) is 2.57. The first kappa shape index (κ1) is 13.8. The number of carbonyl (C=O) groups is 1. The van der Waals surface area contributed by atoms with E-state index in [2.05, 4.69) is 4.98 Å². The van der Waals surface area contributed by atoms with E-state index in [1.54, 1.807) is 28.7 Å². The molecule has 0 N–H and O–H groups in total. The van der Waals surface area contributed by atoms with Gasteiger partial charge < -0.3 is 9.15 Å². The smallest absolute Gasteiger partial charge is 0.331 e. The van der Waals surface area contributed by atoms with Crippen molar-refractivity contribution in [2.24, 2.45) is 0 Å². The molecule has 0 unspecified atom stereocenters. The molecule has 3 aromatic heterocycles. The molecule has 0 aliphatic heterocycles. The lowest BCUT2D eigenvalue weighted by molar-refractivity contribution is -0.139. The Balaban J connectivity index is 1.54. The Morgan fingerprint density at radius 2 is 2.14 bits per heavy atom. The van der Waals surface area contributed by atoms with Crippen LogP contribution in [0.5, 0.6) is 0 Å². The molecule has 0 atom stereocenters. The Morgan fingerprint density at radius 1 is 1.29 bits per heavy atom. The van der Waals surface area contributed by atoms with E-state index >= 15 is 0 Å². The number of thiophene rings is 2. The summed E-state index contributed by atoms with van der Waals surface area (Å²) >= 11 is 3.11. The van der Waals surface area contributed by atoms with Crippen LogP contribution < -0.4 is 0 Å². The van der Waals surface area contributed by atoms with Gasteiger partial charge in [-0.05, 0) is 29.0 Å². The summed E-state index contributed by atoms with van der Waals surface area (Å²) in [7, 11) is 0. The Hall–Kier alpha value is -2.18. The van der Waals surface area contributed by atoms with Gasteiger partial charge in [-0.1, -0.05) is 12.1 Å². The number of rotatable bonds is 5. The minimum Gasteiger partial charge on any atom is -0.456 e. The van der Waals surface area contributed by atoms with Gasteiger partial charge in [-0.2, -0.15) is 0 Å². The normalized spacial score (nSPS) is 11.0. The van der Waals surface area contributed by atoms with Crippen molar-refractivity contribution in [1.29, 1.82) is 0 Å². The molecule has 0 saturated heterocycles. The van der Waals surface area contributed by atoms with Crippen LogP contribution in [-0.4, -0.2) is 11.0 Å². The van der Waals surface area contributed by atoms with Gasteiger partial charge in [0.1, 0.15) is 18.6 Å². The molecule has 21 heavy (non-hydrogen) atoms. The maximum absolute atomic E-state index is 11.6. The molecule has 0 spiro atoms. The highest BCUT2D eigenvalue weighted by atomic mass is 32.1. The Kier molecular flexibility index (Phi) is 4.28. The molecule has 4 nitrogen and oxygen atoms in total. The van der Waals surface area contributed by atoms with Crippen molar-refractivity contribution >= 4 is 34.7 Å². The van der Waals surface area contributed by atoms with Gasteiger partial charge in [-0.3, -0.25) is 0 Å². The van der Waals surface area contributed by atoms with Crippen molar-refractivity contribution in [3.8, 4) is 10.8 Å². The first-order valence-corrected chi connectivity index (χ1v) is 7.94. The van der Waals surface area contributed by atoms with Crippen LogP contribution in [0.3, 0.4) is 0 Å². The fourth-order valence-corrected chi connectivity index (χ4v) is 2.89. The highest BCUT2D eigenvalue weighted by Gasteiger charge is 2.08. The zero-order valence-electron chi connectivity index (χ0n) is 10.9. The summed E-state index contributed by atoms with van der Waals surface area (Å²) in [6.45, 7) is 0.0997. The third-order valence-corrected chi connectivity index (χ3v) is 4.27. The summed E-state index contributed by atoms with van der Waals surface area (Å²) in [6.07, 6.45) is 4.64. The van der Waals surface area contributed by atoms with Crippen molar-refractivity contribution < 1.29 is 13.9 Å². The van der Waals surface area contributed by atoms with Crippen LogP contribution in [-0.2, 0) is 16.1 Å². The molecule has 6 heteroatoms. The first-order chi connectivity index (χ1) is 10.3. The van der Waals surface area contributed by atoms with Crippen molar-refractivity contribution in [1.82, 2.24) is 4.98 Å². The van der Waals surface area contributed by atoms with Crippen molar-refractivity contribution in [3.63, 3.8) is 0 Å². The zero-order valence-corrected chi connectivity index (χ0v) is 12.5. The molecule has 3 aromatic rings. The number of oxazole rings is 1. The van der Waals surface area contributed by atoms with Crippen LogP contribution in [0.25, 0.3) is 16.8 Å². The molecular weight excluding hydrogens is 306 g/mol. The van der Waals surface area contributed by atoms with Crippen LogP contribution in [0, 0.1) is 0 Å². The second-order valence-electron chi connectivity index (χ2n) is 4.08. The molecule has 0 radical (unpaired) electrons. The zero-order chi connectivity index (χ0) is 14.5. The van der Waals surface area contributed by atoms with Crippen LogP contribution in [0.2, 0.25) is 0 Å². The molecule has 0 bridgehead atoms. The topological polar surface area (TPSA) is 52.3 Å². The second kappa shape index (κ2) is 6.51. The Morgan fingerprint density at radius 3 is 2.90 bits per heavy atom. The van der Waals surface area contributed by atoms with E-state index in [9.17, 15) is 4.79 Å². The van der Waals surface area contributed by atoms with Crippen LogP contribution in [0.15, 0.2) is 51.8 Å². The third kappa shape index (κ3) is 3.68. The lowest BCUT2D eigenvalue weighted by Crippen LogP contribution is -2.00. The summed E-state index contributed by atoms with van der Waals surface area (Å²) in [5.41, 5.74) is 0.594. The van der Waals surface area contributed by atoms with Crippen LogP contribution in [0.1, 0.15) is 10.6 Å². The number of hydrogen-bond acceptors (Lipinski definition) is 6. The van der Waals surface area contributed by atoms with E-state index in [1.165, 1.54) is 12.3 Å². The standard InChI is InChI=1S/C15H11NO3S2/c17-14(6-5-12-3-1-7-20-12)18-9-11-10-19-15(16-11)13-4-2-8-21-13/h1-8,10H,9H2/b6-5+. The predicted molar refractivity (Wildman–Crippen MR) is 83.0 cm³/mol. The van der Waals surface area contributed by atoms with E-state index in [4.69, 9.17) is 9.15 Å². The number of nitrogens with zero attached hydrogens (tertiary/aromatic N) is 1. The first-order valence-electron chi connectivity index (χ1n) is 6.18. The second-order valence-corrected chi connectivity index (χ2v) is 6.00. The molecule has 0 aliphatic rings. The quantitative estimate of drug-likeness (QED) is 0.522. The predicted octanol–water partition coefficient (Wildman–Crippen LogP) is 4.22. The van der Waals surface area contributed by atoms with Crippen LogP contribution >= 0.6 is 22.7 Å². The lowest BCUT2D eigenvalue weighted by atomic mass is 10.4. The summed E-state index contributed by atoms with van der Waals surface area (Å²) < 4.78 is 10.5. The van der Waals surface area contributed by atoms with Crippen molar-refractivity contribution in [3.05, 3.63) is 57.9 Å². The number of hydrogen-bond donors (Lipinski definition) is 0. The number of carbonyl (C=O) groups excluding carboxylic acids is 1. The molecule has 0 fully saturated rings. The van der Waals surface area contributed by atoms with Gasteiger partial charge in [0.15, 0.2) is 0 Å². The molecule has 0 aliphatic carbocycles. The average Bonchev–Trinajstić information content (AvgIpc) is 3.24. The number of ether oxygens (including phenoxy) is 1. The van der Waals surface area contributed by atoms with Gasteiger partial charge in [0, 0.05) is 11.0 Å². The van der Waals surface area contributed by atoms with E-state index < -0.39 is 5.97 Å². The van der Waals surface area contributed by atoms with Gasteiger partial charge in [0.25, 0.3) is 0 Å².